The van der Waals surface area contributed by atoms with Gasteiger partial charge in [-0.3, -0.25) is 0 Å². The number of hydrogen-bond donors (Lipinski definition) is 1. The Kier molecular flexibility index (Phi) is 1.56. The maximum absolute atomic E-state index is 5.46. The summed E-state index contributed by atoms with van der Waals surface area (Å²) in [6, 6.07) is 0. The molecule has 1 aliphatic carbocycles. The Morgan fingerprint density at radius 1 is 1.67 bits per heavy atom. The fourth-order valence-electron chi connectivity index (χ4n) is 1.72. The molecule has 0 atom stereocenters. The summed E-state index contributed by atoms with van der Waals surface area (Å²) in [6.45, 7) is 3.24. The Bertz CT molecular complexity index is 274. The first-order valence-corrected chi connectivity index (χ1v) is 4.34. The first-order valence-electron chi connectivity index (χ1n) is 4.34. The second kappa shape index (κ2) is 2.47. The van der Waals surface area contributed by atoms with E-state index in [1.165, 1.54) is 19.3 Å². The lowest BCUT2D eigenvalue weighted by Crippen LogP contribution is -2.30. The number of anilines is 1. The van der Waals surface area contributed by atoms with E-state index in [0.29, 0.717) is 11.2 Å². The van der Waals surface area contributed by atoms with E-state index in [1.54, 1.807) is 6.20 Å². The molecule has 1 aromatic heterocycles. The van der Waals surface area contributed by atoms with Crippen LogP contribution in [0.1, 0.15) is 26.2 Å². The zero-order chi connectivity index (χ0) is 8.60. The fraction of sp³-hybridized carbons (Fsp3) is 0.750. The van der Waals surface area contributed by atoms with Crippen molar-refractivity contribution in [3.05, 3.63) is 6.20 Å². The van der Waals surface area contributed by atoms with E-state index in [9.17, 15) is 0 Å². The van der Waals surface area contributed by atoms with Crippen LogP contribution in [0, 0.1) is 5.41 Å². The molecule has 1 heterocycles. The van der Waals surface area contributed by atoms with Crippen LogP contribution < -0.4 is 5.73 Å². The molecule has 0 unspecified atom stereocenters. The molecule has 1 fully saturated rings. The molecule has 2 N–H and O–H groups in total. The normalized spacial score (nSPS) is 20.4. The minimum atomic E-state index is 0.445. The first-order chi connectivity index (χ1) is 5.68. The number of nitrogens with two attached hydrogens (primary N) is 1. The molecule has 66 valence electrons. The second-order valence-electron chi connectivity index (χ2n) is 4.01. The van der Waals surface area contributed by atoms with Crippen LogP contribution in [0.25, 0.3) is 0 Å². The molecule has 2 rings (SSSR count). The van der Waals surface area contributed by atoms with Gasteiger partial charge in [0, 0.05) is 6.54 Å². The van der Waals surface area contributed by atoms with Gasteiger partial charge in [0.2, 0.25) is 0 Å². The average molecular weight is 166 g/mol. The molecule has 0 aromatic carbocycles. The third kappa shape index (κ3) is 1.29. The van der Waals surface area contributed by atoms with Gasteiger partial charge in [0.05, 0.1) is 6.20 Å². The van der Waals surface area contributed by atoms with Crippen molar-refractivity contribution in [2.24, 2.45) is 5.41 Å². The quantitative estimate of drug-likeness (QED) is 0.714. The largest absolute Gasteiger partial charge is 0.381 e. The molecule has 1 aromatic rings. The van der Waals surface area contributed by atoms with Crippen molar-refractivity contribution >= 4 is 5.82 Å². The minimum Gasteiger partial charge on any atom is -0.381 e. The first kappa shape index (κ1) is 7.58. The van der Waals surface area contributed by atoms with Crippen molar-refractivity contribution in [1.29, 1.82) is 0 Å². The minimum absolute atomic E-state index is 0.445. The monoisotopic (exact) mass is 166 g/mol. The van der Waals surface area contributed by atoms with E-state index in [4.69, 9.17) is 5.73 Å². The maximum Gasteiger partial charge on any atom is 0.165 e. The highest BCUT2D eigenvalue weighted by Crippen LogP contribution is 2.41. The third-order valence-corrected chi connectivity index (χ3v) is 2.66. The molecule has 4 heteroatoms. The van der Waals surface area contributed by atoms with Crippen molar-refractivity contribution in [3.8, 4) is 0 Å². The molecular formula is C8H14N4. The fourth-order valence-corrected chi connectivity index (χ4v) is 1.72. The van der Waals surface area contributed by atoms with Gasteiger partial charge in [0.15, 0.2) is 5.82 Å². The van der Waals surface area contributed by atoms with Gasteiger partial charge in [0.1, 0.15) is 0 Å². The van der Waals surface area contributed by atoms with Crippen molar-refractivity contribution in [2.45, 2.75) is 32.7 Å². The molecule has 1 aliphatic rings. The number of hydrogen-bond acceptors (Lipinski definition) is 3. The van der Waals surface area contributed by atoms with Gasteiger partial charge in [-0.25, -0.2) is 4.68 Å². The number of nitrogens with zero attached hydrogens (tertiary/aromatic N) is 3. The van der Waals surface area contributed by atoms with Crippen LogP contribution in [-0.4, -0.2) is 15.0 Å². The summed E-state index contributed by atoms with van der Waals surface area (Å²) in [5.41, 5.74) is 5.91. The van der Waals surface area contributed by atoms with Crippen molar-refractivity contribution in [3.63, 3.8) is 0 Å². The predicted molar refractivity (Wildman–Crippen MR) is 46.4 cm³/mol. The summed E-state index contributed by atoms with van der Waals surface area (Å²) in [7, 11) is 0. The lowest BCUT2D eigenvalue weighted by Gasteiger charge is -2.37. The van der Waals surface area contributed by atoms with E-state index < -0.39 is 0 Å². The summed E-state index contributed by atoms with van der Waals surface area (Å²) in [5.74, 6) is 0.512. The van der Waals surface area contributed by atoms with Crippen LogP contribution >= 0.6 is 0 Å². The van der Waals surface area contributed by atoms with Crippen molar-refractivity contribution in [1.82, 2.24) is 15.0 Å². The Morgan fingerprint density at radius 3 is 2.83 bits per heavy atom. The Hall–Kier alpha value is -1.06. The molecule has 0 amide bonds. The molecule has 0 saturated heterocycles. The molecular weight excluding hydrogens is 152 g/mol. The van der Waals surface area contributed by atoms with Crippen LogP contribution in [0.2, 0.25) is 0 Å². The Balaban J connectivity index is 2.03. The number of aromatic nitrogens is 3. The maximum atomic E-state index is 5.46. The van der Waals surface area contributed by atoms with E-state index in [-0.39, 0.29) is 0 Å². The predicted octanol–water partition coefficient (Wildman–Crippen LogP) is 1.05. The van der Waals surface area contributed by atoms with Crippen LogP contribution in [0.5, 0.6) is 0 Å². The van der Waals surface area contributed by atoms with Crippen LogP contribution in [0.4, 0.5) is 5.82 Å². The molecule has 0 bridgehead atoms. The third-order valence-electron chi connectivity index (χ3n) is 2.66. The van der Waals surface area contributed by atoms with Gasteiger partial charge in [-0.2, -0.15) is 0 Å². The van der Waals surface area contributed by atoms with Crippen molar-refractivity contribution < 1.29 is 0 Å². The summed E-state index contributed by atoms with van der Waals surface area (Å²) >= 11 is 0. The van der Waals surface area contributed by atoms with Crippen LogP contribution in [0.15, 0.2) is 6.20 Å². The second-order valence-corrected chi connectivity index (χ2v) is 4.01. The summed E-state index contributed by atoms with van der Waals surface area (Å²) in [5, 5.41) is 7.67. The van der Waals surface area contributed by atoms with Gasteiger partial charge in [-0.15, -0.1) is 5.10 Å². The Labute approximate surface area is 71.8 Å². The average Bonchev–Trinajstić information content (AvgIpc) is 2.32. The number of rotatable bonds is 2. The Morgan fingerprint density at radius 2 is 2.42 bits per heavy atom. The van der Waals surface area contributed by atoms with Crippen LogP contribution in [-0.2, 0) is 6.54 Å². The van der Waals surface area contributed by atoms with Gasteiger partial charge in [-0.1, -0.05) is 18.6 Å². The lowest BCUT2D eigenvalue weighted by atomic mass is 9.70. The number of nitrogen functional groups attached to an aromatic ring is 1. The summed E-state index contributed by atoms with van der Waals surface area (Å²) in [4.78, 5) is 0. The summed E-state index contributed by atoms with van der Waals surface area (Å²) < 4.78 is 1.84. The highest BCUT2D eigenvalue weighted by molar-refractivity contribution is 5.19. The van der Waals surface area contributed by atoms with Crippen LogP contribution in [0.3, 0.4) is 0 Å². The van der Waals surface area contributed by atoms with Crippen molar-refractivity contribution in [2.75, 3.05) is 5.73 Å². The summed E-state index contributed by atoms with van der Waals surface area (Å²) in [6.07, 6.45) is 5.74. The van der Waals surface area contributed by atoms with Gasteiger partial charge >= 0.3 is 0 Å². The SMILES string of the molecule is CC1(Cn2cc(N)nn2)CCC1. The van der Waals surface area contributed by atoms with Gasteiger partial charge in [-0.05, 0) is 18.3 Å². The zero-order valence-electron chi connectivity index (χ0n) is 7.32. The molecule has 0 aliphatic heterocycles. The molecule has 1 saturated carbocycles. The van der Waals surface area contributed by atoms with E-state index >= 15 is 0 Å². The topological polar surface area (TPSA) is 56.7 Å². The molecule has 0 radical (unpaired) electrons. The van der Waals surface area contributed by atoms with E-state index in [1.807, 2.05) is 4.68 Å². The van der Waals surface area contributed by atoms with E-state index in [0.717, 1.165) is 6.54 Å². The zero-order valence-corrected chi connectivity index (χ0v) is 7.32. The van der Waals surface area contributed by atoms with E-state index in [2.05, 4.69) is 17.2 Å². The highest BCUT2D eigenvalue weighted by Gasteiger charge is 2.32. The van der Waals surface area contributed by atoms with Gasteiger partial charge < -0.3 is 5.73 Å². The van der Waals surface area contributed by atoms with Gasteiger partial charge in [0.25, 0.3) is 0 Å². The smallest absolute Gasteiger partial charge is 0.165 e. The standard InChI is InChI=1S/C8H14N4/c1-8(3-2-4-8)6-12-5-7(9)10-11-12/h5H,2-4,6,9H2,1H3. The lowest BCUT2D eigenvalue weighted by molar-refractivity contribution is 0.125. The molecule has 0 spiro atoms. The molecule has 4 nitrogen and oxygen atoms in total. The highest BCUT2D eigenvalue weighted by atomic mass is 15.4. The molecule has 12 heavy (non-hydrogen) atoms.